The van der Waals surface area contributed by atoms with Crippen molar-refractivity contribution in [2.45, 2.75) is 57.7 Å². The summed E-state index contributed by atoms with van der Waals surface area (Å²) in [5, 5.41) is 18.2. The molecule has 0 atom stereocenters. The zero-order chi connectivity index (χ0) is 22.1. The Morgan fingerprint density at radius 1 is 1.25 bits per heavy atom. The van der Waals surface area contributed by atoms with Crippen molar-refractivity contribution in [3.63, 3.8) is 0 Å². The molecule has 8 nitrogen and oxygen atoms in total. The van der Waals surface area contributed by atoms with E-state index in [0.29, 0.717) is 12.5 Å². The fourth-order valence-electron chi connectivity index (χ4n) is 4.19. The first kappa shape index (κ1) is 20.8. The normalized spacial score (nSPS) is 21.0. The maximum Gasteiger partial charge on any atom is 0.230 e. The van der Waals surface area contributed by atoms with Crippen LogP contribution in [0.25, 0.3) is 11.0 Å². The molecule has 32 heavy (non-hydrogen) atoms. The molecule has 5 rings (SSSR count). The van der Waals surface area contributed by atoms with E-state index in [1.165, 1.54) is 11.5 Å². The largest absolute Gasteiger partial charge is 0.390 e. The number of rotatable bonds is 6. The Labute approximate surface area is 190 Å². The second-order valence-corrected chi connectivity index (χ2v) is 9.61. The van der Waals surface area contributed by atoms with Gasteiger partial charge in [0.05, 0.1) is 16.8 Å². The van der Waals surface area contributed by atoms with Crippen LogP contribution in [0.5, 0.6) is 0 Å². The zero-order valence-electron chi connectivity index (χ0n) is 18.2. The van der Waals surface area contributed by atoms with Crippen LogP contribution < -0.4 is 10.6 Å². The summed E-state index contributed by atoms with van der Waals surface area (Å²) in [6, 6.07) is 8.28. The molecule has 0 aromatic carbocycles. The average molecular weight is 450 g/mol. The number of aromatic nitrogens is 5. The molecule has 1 aliphatic carbocycles. The van der Waals surface area contributed by atoms with Crippen molar-refractivity contribution in [1.82, 2.24) is 23.9 Å². The Bertz CT molecular complexity index is 1210. The second kappa shape index (κ2) is 8.48. The van der Waals surface area contributed by atoms with Crippen LogP contribution in [0.4, 0.5) is 16.8 Å². The Hall–Kier alpha value is -3.04. The van der Waals surface area contributed by atoms with Gasteiger partial charge in [-0.05, 0) is 74.8 Å². The van der Waals surface area contributed by atoms with E-state index in [1.807, 2.05) is 44.4 Å². The highest BCUT2D eigenvalue weighted by molar-refractivity contribution is 7.10. The van der Waals surface area contributed by atoms with E-state index in [4.69, 9.17) is 9.97 Å². The molecule has 4 aromatic rings. The Kier molecular flexibility index (Phi) is 5.52. The molecule has 0 radical (unpaired) electrons. The van der Waals surface area contributed by atoms with Crippen molar-refractivity contribution >= 4 is 39.3 Å². The Morgan fingerprint density at radius 3 is 2.81 bits per heavy atom. The standard InChI is InChI=1S/C23H27N7OS/c1-15-12-19(32-29-15)27-22-26-18-7-11-30(14-16-4-3-10-24-13-16)20(18)21(28-22)25-17-5-8-23(2,31)9-6-17/h3-4,7,10-13,17,31H,5-6,8-9,14H2,1-2H3,(H2,25,26,27,28)/t17-,23-. The van der Waals surface area contributed by atoms with Gasteiger partial charge in [-0.15, -0.1) is 0 Å². The predicted octanol–water partition coefficient (Wildman–Crippen LogP) is 4.49. The van der Waals surface area contributed by atoms with Crippen LogP contribution in [-0.2, 0) is 6.54 Å². The van der Waals surface area contributed by atoms with Crippen molar-refractivity contribution in [3.05, 3.63) is 54.1 Å². The molecule has 0 amide bonds. The third kappa shape index (κ3) is 4.58. The second-order valence-electron chi connectivity index (χ2n) is 8.81. The molecule has 1 fully saturated rings. The van der Waals surface area contributed by atoms with Crippen LogP contribution in [0.1, 0.15) is 43.9 Å². The van der Waals surface area contributed by atoms with Gasteiger partial charge in [0.15, 0.2) is 5.82 Å². The van der Waals surface area contributed by atoms with Crippen molar-refractivity contribution in [3.8, 4) is 0 Å². The summed E-state index contributed by atoms with van der Waals surface area (Å²) >= 11 is 1.40. The fraction of sp³-hybridized carbons (Fsp3) is 0.391. The minimum atomic E-state index is -0.573. The molecule has 0 unspecified atom stereocenters. The van der Waals surface area contributed by atoms with E-state index in [1.54, 1.807) is 6.20 Å². The number of nitrogens with zero attached hydrogens (tertiary/aromatic N) is 5. The maximum absolute atomic E-state index is 10.3. The highest BCUT2D eigenvalue weighted by atomic mass is 32.1. The molecule has 0 saturated heterocycles. The van der Waals surface area contributed by atoms with Gasteiger partial charge in [0, 0.05) is 31.2 Å². The van der Waals surface area contributed by atoms with Crippen LogP contribution in [0.2, 0.25) is 0 Å². The van der Waals surface area contributed by atoms with Gasteiger partial charge in [-0.25, -0.2) is 4.98 Å². The lowest BCUT2D eigenvalue weighted by molar-refractivity contribution is 0.0196. The average Bonchev–Trinajstić information content (AvgIpc) is 3.36. The van der Waals surface area contributed by atoms with E-state index < -0.39 is 5.60 Å². The van der Waals surface area contributed by atoms with Gasteiger partial charge in [-0.1, -0.05) is 6.07 Å². The summed E-state index contributed by atoms with van der Waals surface area (Å²) in [6.07, 6.45) is 9.07. The summed E-state index contributed by atoms with van der Waals surface area (Å²) in [7, 11) is 0. The third-order valence-corrected chi connectivity index (χ3v) is 6.75. The van der Waals surface area contributed by atoms with Gasteiger partial charge >= 0.3 is 0 Å². The molecule has 0 bridgehead atoms. The first-order chi connectivity index (χ1) is 15.4. The van der Waals surface area contributed by atoms with E-state index in [9.17, 15) is 5.11 Å². The molecule has 1 saturated carbocycles. The number of anilines is 3. The fourth-order valence-corrected chi connectivity index (χ4v) is 4.85. The topological polar surface area (TPSA) is 101 Å². The lowest BCUT2D eigenvalue weighted by Gasteiger charge is -2.33. The van der Waals surface area contributed by atoms with Crippen molar-refractivity contribution in [2.75, 3.05) is 10.6 Å². The van der Waals surface area contributed by atoms with Gasteiger partial charge in [0.25, 0.3) is 0 Å². The summed E-state index contributed by atoms with van der Waals surface area (Å²) < 4.78 is 6.49. The summed E-state index contributed by atoms with van der Waals surface area (Å²) in [5.41, 5.74) is 3.35. The summed E-state index contributed by atoms with van der Waals surface area (Å²) in [5.74, 6) is 1.35. The number of hydrogen-bond acceptors (Lipinski definition) is 8. The van der Waals surface area contributed by atoms with E-state index in [0.717, 1.165) is 58.8 Å². The zero-order valence-corrected chi connectivity index (χ0v) is 19.1. The summed E-state index contributed by atoms with van der Waals surface area (Å²) in [6.45, 7) is 4.58. The van der Waals surface area contributed by atoms with Crippen LogP contribution in [0.3, 0.4) is 0 Å². The van der Waals surface area contributed by atoms with Crippen molar-refractivity contribution in [1.29, 1.82) is 0 Å². The minimum Gasteiger partial charge on any atom is -0.390 e. The molecule has 3 N–H and O–H groups in total. The first-order valence-electron chi connectivity index (χ1n) is 10.9. The van der Waals surface area contributed by atoms with E-state index >= 15 is 0 Å². The molecule has 4 aromatic heterocycles. The van der Waals surface area contributed by atoms with Gasteiger partial charge in [-0.2, -0.15) is 9.36 Å². The molecule has 0 aliphatic heterocycles. The van der Waals surface area contributed by atoms with E-state index in [-0.39, 0.29) is 6.04 Å². The number of nitrogens with one attached hydrogen (secondary N) is 2. The highest BCUT2D eigenvalue weighted by Gasteiger charge is 2.29. The quantitative estimate of drug-likeness (QED) is 0.399. The predicted molar refractivity (Wildman–Crippen MR) is 128 cm³/mol. The smallest absolute Gasteiger partial charge is 0.230 e. The maximum atomic E-state index is 10.3. The molecule has 1 aliphatic rings. The molecule has 166 valence electrons. The lowest BCUT2D eigenvalue weighted by Crippen LogP contribution is -2.36. The summed E-state index contributed by atoms with van der Waals surface area (Å²) in [4.78, 5) is 13.9. The number of fused-ring (bicyclic) bond motifs is 1. The van der Waals surface area contributed by atoms with Gasteiger partial charge in [0.1, 0.15) is 10.5 Å². The van der Waals surface area contributed by atoms with Crippen LogP contribution in [-0.4, -0.2) is 40.6 Å². The number of pyridine rings is 1. The number of aliphatic hydroxyl groups is 1. The first-order valence-corrected chi connectivity index (χ1v) is 11.7. The molecular formula is C23H27N7OS. The minimum absolute atomic E-state index is 0.258. The van der Waals surface area contributed by atoms with Crippen LogP contribution in [0, 0.1) is 6.92 Å². The number of hydrogen-bond donors (Lipinski definition) is 3. The Morgan fingerprint density at radius 2 is 2.09 bits per heavy atom. The monoisotopic (exact) mass is 449 g/mol. The van der Waals surface area contributed by atoms with Crippen molar-refractivity contribution in [2.24, 2.45) is 0 Å². The van der Waals surface area contributed by atoms with Crippen LogP contribution in [0.15, 0.2) is 42.9 Å². The molecule has 0 spiro atoms. The highest BCUT2D eigenvalue weighted by Crippen LogP contribution is 2.32. The third-order valence-electron chi connectivity index (χ3n) is 5.95. The Balaban J connectivity index is 1.49. The van der Waals surface area contributed by atoms with Crippen LogP contribution >= 0.6 is 11.5 Å². The van der Waals surface area contributed by atoms with Gasteiger partial charge in [-0.3, -0.25) is 4.98 Å². The molecular weight excluding hydrogens is 422 g/mol. The number of aryl methyl sites for hydroxylation is 1. The lowest BCUT2D eigenvalue weighted by atomic mass is 9.84. The molecule has 9 heteroatoms. The SMILES string of the molecule is Cc1cc(Nc2nc(N[C@H]3CC[C@](C)(O)CC3)c3c(ccn3Cc3cccnc3)n2)sn1. The molecule has 4 heterocycles. The van der Waals surface area contributed by atoms with Gasteiger partial charge < -0.3 is 20.3 Å². The van der Waals surface area contributed by atoms with Gasteiger partial charge in [0.2, 0.25) is 5.95 Å². The van der Waals surface area contributed by atoms with Crippen molar-refractivity contribution < 1.29 is 5.11 Å². The van der Waals surface area contributed by atoms with E-state index in [2.05, 4.69) is 30.6 Å².